The molecular weight excluding hydrogens is 310 g/mol. The Bertz CT molecular complexity index is 881. The number of sulfonamides is 1. The normalized spacial score (nSPS) is 13.3. The summed E-state index contributed by atoms with van der Waals surface area (Å²) in [5.74, 6) is 0.629. The van der Waals surface area contributed by atoms with E-state index >= 15 is 0 Å². The third-order valence-electron chi connectivity index (χ3n) is 3.77. The maximum atomic E-state index is 12.5. The summed E-state index contributed by atoms with van der Waals surface area (Å²) in [6, 6.07) is 14.1. The molecule has 1 unspecified atom stereocenters. The van der Waals surface area contributed by atoms with Crippen molar-refractivity contribution in [2.24, 2.45) is 0 Å². The predicted molar refractivity (Wildman–Crippen MR) is 90.6 cm³/mol. The number of imidazole rings is 1. The first-order valence-electron chi connectivity index (χ1n) is 7.53. The van der Waals surface area contributed by atoms with Gasteiger partial charge in [-0.1, -0.05) is 36.8 Å². The summed E-state index contributed by atoms with van der Waals surface area (Å²) < 4.78 is 27.8. The second-order valence-electron chi connectivity index (χ2n) is 5.53. The number of para-hydroxylation sites is 2. The summed E-state index contributed by atoms with van der Waals surface area (Å²) >= 11 is 0. The van der Waals surface area contributed by atoms with Crippen LogP contribution in [0.25, 0.3) is 11.0 Å². The fraction of sp³-hybridized carbons (Fsp3) is 0.235. The molecule has 0 aliphatic carbocycles. The Labute approximate surface area is 135 Å². The molecule has 120 valence electrons. The highest BCUT2D eigenvalue weighted by atomic mass is 32.2. The molecule has 0 amide bonds. The summed E-state index contributed by atoms with van der Waals surface area (Å²) in [7, 11) is -3.58. The van der Waals surface area contributed by atoms with Gasteiger partial charge in [0.05, 0.1) is 22.0 Å². The summed E-state index contributed by atoms with van der Waals surface area (Å²) in [4.78, 5) is 7.95. The van der Waals surface area contributed by atoms with Crippen molar-refractivity contribution >= 4 is 21.1 Å². The highest BCUT2D eigenvalue weighted by Gasteiger charge is 2.22. The van der Waals surface area contributed by atoms with Gasteiger partial charge in [0.25, 0.3) is 0 Å². The molecule has 2 aromatic carbocycles. The lowest BCUT2D eigenvalue weighted by molar-refractivity contribution is 0.540. The van der Waals surface area contributed by atoms with Crippen LogP contribution < -0.4 is 4.72 Å². The van der Waals surface area contributed by atoms with Gasteiger partial charge in [-0.15, -0.1) is 0 Å². The van der Waals surface area contributed by atoms with E-state index in [0.29, 0.717) is 12.2 Å². The molecule has 0 aliphatic rings. The minimum absolute atomic E-state index is 0.262. The van der Waals surface area contributed by atoms with Crippen molar-refractivity contribution in [3.8, 4) is 0 Å². The maximum absolute atomic E-state index is 12.5. The van der Waals surface area contributed by atoms with Crippen LogP contribution in [0, 0.1) is 6.92 Å². The Kier molecular flexibility index (Phi) is 4.19. The van der Waals surface area contributed by atoms with Crippen LogP contribution in [0.1, 0.15) is 30.8 Å². The number of rotatable bonds is 5. The highest BCUT2D eigenvalue weighted by Crippen LogP contribution is 2.21. The lowest BCUT2D eigenvalue weighted by atomic mass is 10.2. The molecule has 0 spiro atoms. The van der Waals surface area contributed by atoms with Gasteiger partial charge in [0.1, 0.15) is 5.82 Å². The molecule has 0 bridgehead atoms. The van der Waals surface area contributed by atoms with Gasteiger partial charge in [-0.3, -0.25) is 0 Å². The number of hydrogen-bond donors (Lipinski definition) is 2. The van der Waals surface area contributed by atoms with Gasteiger partial charge < -0.3 is 4.98 Å². The smallest absolute Gasteiger partial charge is 0.241 e. The van der Waals surface area contributed by atoms with E-state index < -0.39 is 16.1 Å². The van der Waals surface area contributed by atoms with Crippen molar-refractivity contribution in [3.05, 3.63) is 59.9 Å². The summed E-state index contributed by atoms with van der Waals surface area (Å²) in [6.45, 7) is 3.85. The Balaban J connectivity index is 1.90. The van der Waals surface area contributed by atoms with E-state index in [1.807, 2.05) is 38.1 Å². The highest BCUT2D eigenvalue weighted by molar-refractivity contribution is 7.89. The fourth-order valence-corrected chi connectivity index (χ4v) is 3.73. The molecule has 5 nitrogen and oxygen atoms in total. The van der Waals surface area contributed by atoms with Gasteiger partial charge in [0.2, 0.25) is 10.0 Å². The maximum Gasteiger partial charge on any atom is 0.241 e. The van der Waals surface area contributed by atoms with Crippen LogP contribution >= 0.6 is 0 Å². The van der Waals surface area contributed by atoms with Crippen molar-refractivity contribution in [1.29, 1.82) is 0 Å². The molecule has 3 aromatic rings. The number of nitrogens with zero attached hydrogens (tertiary/aromatic N) is 1. The quantitative estimate of drug-likeness (QED) is 0.754. The second kappa shape index (κ2) is 6.14. The monoisotopic (exact) mass is 329 g/mol. The largest absolute Gasteiger partial charge is 0.341 e. The van der Waals surface area contributed by atoms with Crippen molar-refractivity contribution in [1.82, 2.24) is 14.7 Å². The van der Waals surface area contributed by atoms with Crippen molar-refractivity contribution < 1.29 is 8.42 Å². The lowest BCUT2D eigenvalue weighted by Gasteiger charge is -2.15. The van der Waals surface area contributed by atoms with Gasteiger partial charge in [-0.2, -0.15) is 0 Å². The minimum atomic E-state index is -3.58. The minimum Gasteiger partial charge on any atom is -0.341 e. The second-order valence-corrected chi connectivity index (χ2v) is 7.25. The molecule has 6 heteroatoms. The van der Waals surface area contributed by atoms with Gasteiger partial charge in [0.15, 0.2) is 0 Å². The van der Waals surface area contributed by atoms with Crippen LogP contribution in [0.2, 0.25) is 0 Å². The van der Waals surface area contributed by atoms with Crippen molar-refractivity contribution in [2.45, 2.75) is 31.2 Å². The summed E-state index contributed by atoms with van der Waals surface area (Å²) in [5.41, 5.74) is 2.75. The zero-order valence-corrected chi connectivity index (χ0v) is 13.9. The average molecular weight is 329 g/mol. The van der Waals surface area contributed by atoms with E-state index in [4.69, 9.17) is 0 Å². The fourth-order valence-electron chi connectivity index (χ4n) is 2.44. The Morgan fingerprint density at radius 2 is 1.83 bits per heavy atom. The van der Waals surface area contributed by atoms with Crippen LogP contribution in [0.3, 0.4) is 0 Å². The number of fused-ring (bicyclic) bond motifs is 1. The summed E-state index contributed by atoms with van der Waals surface area (Å²) in [5, 5.41) is 0. The number of H-pyrrole nitrogens is 1. The van der Waals surface area contributed by atoms with E-state index in [1.165, 1.54) is 0 Å². The third-order valence-corrected chi connectivity index (χ3v) is 5.26. The topological polar surface area (TPSA) is 74.8 Å². The standard InChI is InChI=1S/C17H19N3O2S/c1-3-14(17-18-15-6-4-5-7-16(15)19-17)20-23(21,22)13-10-8-12(2)9-11-13/h4-11,14,20H,3H2,1-2H3,(H,18,19). The zero-order valence-electron chi connectivity index (χ0n) is 13.1. The third kappa shape index (κ3) is 3.28. The van der Waals surface area contributed by atoms with Gasteiger partial charge in [-0.25, -0.2) is 18.1 Å². The molecule has 23 heavy (non-hydrogen) atoms. The lowest BCUT2D eigenvalue weighted by Crippen LogP contribution is -2.29. The van der Waals surface area contributed by atoms with E-state index in [-0.39, 0.29) is 4.90 Å². The van der Waals surface area contributed by atoms with E-state index in [9.17, 15) is 8.42 Å². The molecule has 1 atom stereocenters. The molecule has 0 saturated carbocycles. The molecule has 0 saturated heterocycles. The van der Waals surface area contributed by atoms with Crippen LogP contribution in [0.4, 0.5) is 0 Å². The SMILES string of the molecule is CCC(NS(=O)(=O)c1ccc(C)cc1)c1nc2ccccc2[nH]1. The van der Waals surface area contributed by atoms with Crippen LogP contribution in [0.15, 0.2) is 53.4 Å². The van der Waals surface area contributed by atoms with Crippen molar-refractivity contribution in [3.63, 3.8) is 0 Å². The van der Waals surface area contributed by atoms with E-state index in [2.05, 4.69) is 14.7 Å². The number of nitrogens with one attached hydrogen (secondary N) is 2. The first-order chi connectivity index (χ1) is 11.0. The van der Waals surface area contributed by atoms with E-state index in [1.54, 1.807) is 24.3 Å². The van der Waals surface area contributed by atoms with Gasteiger partial charge in [-0.05, 0) is 37.6 Å². The number of aromatic nitrogens is 2. The molecule has 1 aromatic heterocycles. The Morgan fingerprint density at radius 1 is 1.13 bits per heavy atom. The van der Waals surface area contributed by atoms with Crippen LogP contribution in [0.5, 0.6) is 0 Å². The predicted octanol–water partition coefficient (Wildman–Crippen LogP) is 3.30. The Morgan fingerprint density at radius 3 is 2.48 bits per heavy atom. The van der Waals surface area contributed by atoms with Gasteiger partial charge in [0, 0.05) is 0 Å². The summed E-state index contributed by atoms with van der Waals surface area (Å²) in [6.07, 6.45) is 0.602. The van der Waals surface area contributed by atoms with Crippen LogP contribution in [-0.4, -0.2) is 18.4 Å². The molecular formula is C17H19N3O2S. The first kappa shape index (κ1) is 15.7. The molecule has 1 heterocycles. The van der Waals surface area contributed by atoms with Crippen molar-refractivity contribution in [2.75, 3.05) is 0 Å². The molecule has 3 rings (SSSR count). The molecule has 0 aliphatic heterocycles. The number of hydrogen-bond acceptors (Lipinski definition) is 3. The van der Waals surface area contributed by atoms with Gasteiger partial charge >= 0.3 is 0 Å². The van der Waals surface area contributed by atoms with Crippen LogP contribution in [-0.2, 0) is 10.0 Å². The zero-order chi connectivity index (χ0) is 16.4. The number of benzene rings is 2. The molecule has 0 radical (unpaired) electrons. The van der Waals surface area contributed by atoms with E-state index in [0.717, 1.165) is 16.6 Å². The Hall–Kier alpha value is -2.18. The molecule has 2 N–H and O–H groups in total. The number of aromatic amines is 1. The first-order valence-corrected chi connectivity index (χ1v) is 9.01. The average Bonchev–Trinajstić information content (AvgIpc) is 2.97. The number of aryl methyl sites for hydroxylation is 1. The molecule has 0 fully saturated rings.